The molecule has 0 aromatic carbocycles. The molecule has 0 bridgehead atoms. The molecule has 0 spiro atoms. The first-order valence-electron chi connectivity index (χ1n) is 4.58. The molecule has 0 N–H and O–H groups in total. The van der Waals surface area contributed by atoms with Gasteiger partial charge in [0.1, 0.15) is 16.1 Å². The first-order chi connectivity index (χ1) is 7.30. The van der Waals surface area contributed by atoms with Crippen molar-refractivity contribution in [2.24, 2.45) is 4.40 Å². The number of pyridine rings is 1. The van der Waals surface area contributed by atoms with E-state index in [0.29, 0.717) is 10.0 Å². The highest BCUT2D eigenvalue weighted by atomic mass is 79.9. The summed E-state index contributed by atoms with van der Waals surface area (Å²) in [6.07, 6.45) is 2.76. The highest BCUT2D eigenvalue weighted by Gasteiger charge is 2.25. The topological polar surface area (TPSA) is 48.3 Å². The summed E-state index contributed by atoms with van der Waals surface area (Å²) in [7, 11) is 0. The maximum absolute atomic E-state index is 12.7. The van der Waals surface area contributed by atoms with Crippen molar-refractivity contribution in [3.05, 3.63) is 28.2 Å². The molecule has 0 saturated carbocycles. The number of halogens is 2. The average molecular weight is 307 g/mol. The van der Waals surface area contributed by atoms with E-state index in [1.807, 2.05) is 20.8 Å². The van der Waals surface area contributed by atoms with Crippen LogP contribution in [0.5, 0.6) is 0 Å². The van der Waals surface area contributed by atoms with Crippen LogP contribution in [0.3, 0.4) is 0 Å². The zero-order valence-electron chi connectivity index (χ0n) is 9.20. The molecule has 88 valence electrons. The van der Waals surface area contributed by atoms with Gasteiger partial charge in [-0.1, -0.05) is 4.40 Å². The van der Waals surface area contributed by atoms with Crippen molar-refractivity contribution in [1.29, 1.82) is 0 Å². The quantitative estimate of drug-likeness (QED) is 0.479. The van der Waals surface area contributed by atoms with Crippen molar-refractivity contribution in [3.8, 4) is 0 Å². The lowest BCUT2D eigenvalue weighted by atomic mass is 10.3. The Labute approximate surface area is 106 Å². The maximum Gasteiger partial charge on any atom is 0.213 e. The zero-order chi connectivity index (χ0) is 12.3. The van der Waals surface area contributed by atoms with Gasteiger partial charge < -0.3 is 4.55 Å². The van der Waals surface area contributed by atoms with Gasteiger partial charge >= 0.3 is 0 Å². The van der Waals surface area contributed by atoms with Crippen molar-refractivity contribution in [3.63, 3.8) is 0 Å². The van der Waals surface area contributed by atoms with Crippen LogP contribution in [-0.4, -0.2) is 20.5 Å². The number of rotatable bonds is 2. The lowest BCUT2D eigenvalue weighted by Crippen LogP contribution is -2.25. The van der Waals surface area contributed by atoms with Crippen LogP contribution >= 0.6 is 15.9 Å². The third-order valence-corrected chi connectivity index (χ3v) is 3.69. The van der Waals surface area contributed by atoms with Crippen LogP contribution in [0.1, 0.15) is 26.3 Å². The van der Waals surface area contributed by atoms with E-state index in [1.54, 1.807) is 0 Å². The Balaban J connectivity index is 2.85. The van der Waals surface area contributed by atoms with Gasteiger partial charge in [-0.2, -0.15) is 4.39 Å². The summed E-state index contributed by atoms with van der Waals surface area (Å²) >= 11 is 1.85. The summed E-state index contributed by atoms with van der Waals surface area (Å²) in [6, 6.07) is 1.24. The smallest absolute Gasteiger partial charge is 0.213 e. The fraction of sp³-hybridized carbons (Fsp3) is 0.400. The van der Waals surface area contributed by atoms with Gasteiger partial charge in [-0.3, -0.25) is 0 Å². The summed E-state index contributed by atoms with van der Waals surface area (Å²) in [4.78, 5) is 3.49. The lowest BCUT2D eigenvalue weighted by Gasteiger charge is -2.17. The molecule has 6 heteroatoms. The SMILES string of the molecule is CC(C)(C)[S@+]([O-])/N=C/c1cnc(F)cc1Br. The summed E-state index contributed by atoms with van der Waals surface area (Å²) in [5, 5.41) is 0. The van der Waals surface area contributed by atoms with Crippen LogP contribution in [0, 0.1) is 5.95 Å². The fourth-order valence-electron chi connectivity index (χ4n) is 0.776. The Kier molecular flexibility index (Phi) is 4.46. The lowest BCUT2D eigenvalue weighted by molar-refractivity contribution is 0.562. The van der Waals surface area contributed by atoms with E-state index < -0.39 is 22.1 Å². The minimum atomic E-state index is -1.32. The Morgan fingerprint density at radius 3 is 2.69 bits per heavy atom. The molecule has 0 radical (unpaired) electrons. The molecule has 0 aliphatic carbocycles. The van der Waals surface area contributed by atoms with Gasteiger partial charge in [0.25, 0.3) is 0 Å². The van der Waals surface area contributed by atoms with Gasteiger partial charge in [-0.25, -0.2) is 4.98 Å². The molecule has 1 aromatic rings. The first kappa shape index (κ1) is 13.6. The van der Waals surface area contributed by atoms with Crippen molar-refractivity contribution in [2.45, 2.75) is 25.5 Å². The predicted molar refractivity (Wildman–Crippen MR) is 67.4 cm³/mol. The molecule has 16 heavy (non-hydrogen) atoms. The highest BCUT2D eigenvalue weighted by Crippen LogP contribution is 2.18. The predicted octanol–water partition coefficient (Wildman–Crippen LogP) is 2.86. The number of hydrogen-bond acceptors (Lipinski definition) is 3. The van der Waals surface area contributed by atoms with E-state index in [9.17, 15) is 8.94 Å². The largest absolute Gasteiger partial charge is 0.591 e. The second-order valence-electron chi connectivity index (χ2n) is 4.12. The Morgan fingerprint density at radius 1 is 1.56 bits per heavy atom. The van der Waals surface area contributed by atoms with Gasteiger partial charge in [0.2, 0.25) is 5.95 Å². The van der Waals surface area contributed by atoms with Crippen LogP contribution in [0.2, 0.25) is 0 Å². The second-order valence-corrected chi connectivity index (χ2v) is 6.91. The molecule has 1 atom stereocenters. The average Bonchev–Trinajstić information content (AvgIpc) is 2.14. The van der Waals surface area contributed by atoms with Gasteiger partial charge in [-0.15, -0.1) is 0 Å². The van der Waals surface area contributed by atoms with Gasteiger partial charge in [0.05, 0.1) is 6.21 Å². The minimum Gasteiger partial charge on any atom is -0.591 e. The Bertz CT molecular complexity index is 406. The highest BCUT2D eigenvalue weighted by molar-refractivity contribution is 9.10. The number of hydrogen-bond donors (Lipinski definition) is 0. The fourth-order valence-corrected chi connectivity index (χ4v) is 1.69. The molecule has 1 aromatic heterocycles. The molecule has 0 saturated heterocycles. The van der Waals surface area contributed by atoms with Crippen LogP contribution in [0.25, 0.3) is 0 Å². The molecular formula is C10H12BrFN2OS. The molecule has 1 rings (SSSR count). The zero-order valence-corrected chi connectivity index (χ0v) is 11.6. The first-order valence-corrected chi connectivity index (χ1v) is 6.48. The van der Waals surface area contributed by atoms with E-state index in [0.717, 1.165) is 0 Å². The summed E-state index contributed by atoms with van der Waals surface area (Å²) in [5.41, 5.74) is 0.596. The Hall–Kier alpha value is -0.460. The molecule has 0 fully saturated rings. The standard InChI is InChI=1S/C10H12BrFN2OS/c1-10(2,3)16(15)14-6-7-5-13-9(12)4-8(7)11/h4-6H,1-3H3/b14-6+/t16-/m0/s1. The summed E-state index contributed by atoms with van der Waals surface area (Å²) < 4.78 is 28.4. The third-order valence-electron chi connectivity index (χ3n) is 1.66. The van der Waals surface area contributed by atoms with Crippen LogP contribution in [-0.2, 0) is 11.4 Å². The Morgan fingerprint density at radius 2 is 2.19 bits per heavy atom. The van der Waals surface area contributed by atoms with E-state index in [-0.39, 0.29) is 0 Å². The number of aromatic nitrogens is 1. The van der Waals surface area contributed by atoms with Gasteiger partial charge in [0, 0.05) is 22.3 Å². The summed E-state index contributed by atoms with van der Waals surface area (Å²) in [6.45, 7) is 5.50. The van der Waals surface area contributed by atoms with Crippen molar-refractivity contribution in [2.75, 3.05) is 0 Å². The molecule has 1 heterocycles. The molecule has 3 nitrogen and oxygen atoms in total. The van der Waals surface area contributed by atoms with Crippen LogP contribution in [0.4, 0.5) is 4.39 Å². The third kappa shape index (κ3) is 3.84. The molecule has 0 aliphatic rings. The van der Waals surface area contributed by atoms with Crippen molar-refractivity contribution >= 4 is 33.5 Å². The normalized spacial score (nSPS) is 14.4. The van der Waals surface area contributed by atoms with Crippen molar-refractivity contribution in [1.82, 2.24) is 4.98 Å². The number of nitrogens with zero attached hydrogens (tertiary/aromatic N) is 2. The molecular weight excluding hydrogens is 295 g/mol. The van der Waals surface area contributed by atoms with Gasteiger partial charge in [-0.05, 0) is 36.7 Å². The molecule has 0 unspecified atom stereocenters. The molecule has 0 amide bonds. The molecule has 0 aliphatic heterocycles. The summed E-state index contributed by atoms with van der Waals surface area (Å²) in [5.74, 6) is -0.569. The minimum absolute atomic E-state index is 0.406. The van der Waals surface area contributed by atoms with Gasteiger partial charge in [0.15, 0.2) is 0 Å². The van der Waals surface area contributed by atoms with E-state index in [2.05, 4.69) is 25.3 Å². The van der Waals surface area contributed by atoms with Crippen LogP contribution < -0.4 is 0 Å². The van der Waals surface area contributed by atoms with E-state index in [4.69, 9.17) is 0 Å². The van der Waals surface area contributed by atoms with E-state index in [1.165, 1.54) is 18.5 Å². The monoisotopic (exact) mass is 306 g/mol. The van der Waals surface area contributed by atoms with Crippen molar-refractivity contribution < 1.29 is 8.94 Å². The van der Waals surface area contributed by atoms with Crippen LogP contribution in [0.15, 0.2) is 21.1 Å². The second kappa shape index (κ2) is 5.25. The van der Waals surface area contributed by atoms with E-state index >= 15 is 0 Å². The maximum atomic E-state index is 12.7.